The summed E-state index contributed by atoms with van der Waals surface area (Å²) in [5.74, 6) is 0.590. The Morgan fingerprint density at radius 3 is 2.70 bits per heavy atom. The Morgan fingerprint density at radius 1 is 1.45 bits per heavy atom. The average molecular weight is 294 g/mol. The molecule has 20 heavy (non-hydrogen) atoms. The van der Waals surface area contributed by atoms with Gasteiger partial charge >= 0.3 is 0 Å². The fourth-order valence-corrected chi connectivity index (χ4v) is 3.99. The van der Waals surface area contributed by atoms with Gasteiger partial charge in [-0.05, 0) is 44.9 Å². The van der Waals surface area contributed by atoms with Gasteiger partial charge in [0.15, 0.2) is 0 Å². The Hall–Kier alpha value is -0.870. The van der Waals surface area contributed by atoms with E-state index in [4.69, 9.17) is 0 Å². The minimum absolute atomic E-state index is 0.191. The first-order chi connectivity index (χ1) is 9.44. The maximum atomic E-state index is 12.7. The second-order valence-corrected chi connectivity index (χ2v) is 7.70. The molecular weight excluding hydrogens is 268 g/mol. The summed E-state index contributed by atoms with van der Waals surface area (Å²) in [4.78, 5) is 15.3. The van der Waals surface area contributed by atoms with Gasteiger partial charge in [0.1, 0.15) is 0 Å². The zero-order valence-corrected chi connectivity index (χ0v) is 13.8. The van der Waals surface area contributed by atoms with E-state index in [0.29, 0.717) is 5.92 Å². The molecule has 1 fully saturated rings. The summed E-state index contributed by atoms with van der Waals surface area (Å²) in [6.45, 7) is 10.3. The van der Waals surface area contributed by atoms with Crippen LogP contribution in [0.25, 0.3) is 0 Å². The quantitative estimate of drug-likeness (QED) is 0.877. The van der Waals surface area contributed by atoms with Crippen LogP contribution in [-0.4, -0.2) is 25.0 Å². The largest absolute Gasteiger partial charge is 0.353 e. The van der Waals surface area contributed by atoms with Gasteiger partial charge in [0.2, 0.25) is 5.91 Å². The molecule has 1 aromatic heterocycles. The van der Waals surface area contributed by atoms with Gasteiger partial charge in [0, 0.05) is 28.8 Å². The number of thiophene rings is 1. The van der Waals surface area contributed by atoms with E-state index in [9.17, 15) is 4.79 Å². The minimum atomic E-state index is -0.223. The smallest absolute Gasteiger partial charge is 0.228 e. The van der Waals surface area contributed by atoms with E-state index in [0.717, 1.165) is 25.9 Å². The summed E-state index contributed by atoms with van der Waals surface area (Å²) in [5, 5.41) is 6.57. The van der Waals surface area contributed by atoms with Gasteiger partial charge in [-0.3, -0.25) is 4.79 Å². The first-order valence-electron chi connectivity index (χ1n) is 7.51. The summed E-state index contributed by atoms with van der Waals surface area (Å²) in [7, 11) is 0. The maximum Gasteiger partial charge on any atom is 0.228 e. The summed E-state index contributed by atoms with van der Waals surface area (Å²) in [6.07, 6.45) is 1.87. The monoisotopic (exact) mass is 294 g/mol. The molecule has 4 heteroatoms. The van der Waals surface area contributed by atoms with E-state index >= 15 is 0 Å². The Kier molecular flexibility index (Phi) is 4.86. The van der Waals surface area contributed by atoms with Crippen LogP contribution in [0, 0.1) is 18.3 Å². The molecule has 0 bridgehead atoms. The van der Waals surface area contributed by atoms with Crippen LogP contribution in [0.15, 0.2) is 12.1 Å². The van der Waals surface area contributed by atoms with Crippen molar-refractivity contribution in [2.45, 2.75) is 46.6 Å². The fraction of sp³-hybridized carbons (Fsp3) is 0.688. The van der Waals surface area contributed by atoms with Crippen molar-refractivity contribution in [2.24, 2.45) is 11.3 Å². The average Bonchev–Trinajstić information content (AvgIpc) is 2.98. The predicted molar refractivity (Wildman–Crippen MR) is 85.1 cm³/mol. The van der Waals surface area contributed by atoms with E-state index in [-0.39, 0.29) is 17.4 Å². The topological polar surface area (TPSA) is 41.1 Å². The number of hydrogen-bond acceptors (Lipinski definition) is 3. The lowest BCUT2D eigenvalue weighted by Crippen LogP contribution is -2.49. The number of carbonyl (C=O) groups excluding carboxylic acids is 1. The predicted octanol–water partition coefficient (Wildman–Crippen LogP) is 2.74. The van der Waals surface area contributed by atoms with Gasteiger partial charge in [0.05, 0.1) is 5.41 Å². The molecule has 1 aliphatic heterocycles. The van der Waals surface area contributed by atoms with E-state index in [2.05, 4.69) is 50.5 Å². The van der Waals surface area contributed by atoms with Crippen LogP contribution in [0.2, 0.25) is 0 Å². The molecule has 2 atom stereocenters. The van der Waals surface area contributed by atoms with Crippen LogP contribution in [0.4, 0.5) is 0 Å². The molecule has 1 aliphatic rings. The number of carbonyl (C=O) groups is 1. The molecule has 3 nitrogen and oxygen atoms in total. The Morgan fingerprint density at radius 2 is 2.20 bits per heavy atom. The summed E-state index contributed by atoms with van der Waals surface area (Å²) in [5.41, 5.74) is -0.223. The van der Waals surface area contributed by atoms with E-state index in [1.165, 1.54) is 9.75 Å². The number of amides is 1. The first-order valence-corrected chi connectivity index (χ1v) is 8.32. The highest BCUT2D eigenvalue weighted by Gasteiger charge is 2.44. The third kappa shape index (κ3) is 3.23. The molecule has 2 N–H and O–H groups in total. The van der Waals surface area contributed by atoms with Gasteiger partial charge < -0.3 is 10.6 Å². The molecule has 2 rings (SSSR count). The van der Waals surface area contributed by atoms with Crippen molar-refractivity contribution in [1.29, 1.82) is 0 Å². The number of nitrogens with one attached hydrogen (secondary N) is 2. The number of aryl methyl sites for hydroxylation is 1. The molecule has 112 valence electrons. The molecule has 0 spiro atoms. The lowest BCUT2D eigenvalue weighted by Gasteiger charge is -2.32. The van der Waals surface area contributed by atoms with Gasteiger partial charge in [-0.2, -0.15) is 0 Å². The molecule has 0 aliphatic carbocycles. The highest BCUT2D eigenvalue weighted by molar-refractivity contribution is 7.11. The summed E-state index contributed by atoms with van der Waals surface area (Å²) in [6, 6.07) is 4.50. The first kappa shape index (κ1) is 15.5. The summed E-state index contributed by atoms with van der Waals surface area (Å²) < 4.78 is 0. The fourth-order valence-electron chi connectivity index (χ4n) is 2.98. The Bertz CT molecular complexity index is 461. The second-order valence-electron chi connectivity index (χ2n) is 6.33. The summed E-state index contributed by atoms with van der Waals surface area (Å²) >= 11 is 1.82. The molecule has 1 amide bonds. The highest BCUT2D eigenvalue weighted by Crippen LogP contribution is 2.34. The SMILES string of the molecule is Cc1ccc(CC(C)NC(=O)C2(C(C)C)CCNC2)s1. The highest BCUT2D eigenvalue weighted by atomic mass is 32.1. The number of hydrogen-bond donors (Lipinski definition) is 2. The standard InChI is InChI=1S/C16H26N2OS/c1-11(2)16(7-8-17-10-16)15(19)18-12(3)9-14-6-5-13(4)20-14/h5-6,11-12,17H,7-10H2,1-4H3,(H,18,19). The normalized spacial score (nSPS) is 24.1. The minimum Gasteiger partial charge on any atom is -0.353 e. The van der Waals surface area contributed by atoms with Crippen LogP contribution >= 0.6 is 11.3 Å². The van der Waals surface area contributed by atoms with Crippen molar-refractivity contribution in [2.75, 3.05) is 13.1 Å². The van der Waals surface area contributed by atoms with Crippen LogP contribution in [-0.2, 0) is 11.2 Å². The lowest BCUT2D eigenvalue weighted by atomic mass is 9.75. The van der Waals surface area contributed by atoms with Gasteiger partial charge in [-0.15, -0.1) is 11.3 Å². The molecule has 2 unspecified atom stereocenters. The van der Waals surface area contributed by atoms with E-state index in [1.54, 1.807) is 0 Å². The van der Waals surface area contributed by atoms with Crippen molar-refractivity contribution < 1.29 is 4.79 Å². The van der Waals surface area contributed by atoms with Crippen molar-refractivity contribution >= 4 is 17.2 Å². The molecular formula is C16H26N2OS. The van der Waals surface area contributed by atoms with Crippen LogP contribution in [0.5, 0.6) is 0 Å². The van der Waals surface area contributed by atoms with Crippen molar-refractivity contribution in [3.05, 3.63) is 21.9 Å². The molecule has 1 aromatic rings. The lowest BCUT2D eigenvalue weighted by molar-refractivity contribution is -0.133. The van der Waals surface area contributed by atoms with Gasteiger partial charge in [0.25, 0.3) is 0 Å². The molecule has 1 saturated heterocycles. The molecule has 0 aromatic carbocycles. The van der Waals surface area contributed by atoms with Crippen molar-refractivity contribution in [3.63, 3.8) is 0 Å². The Labute approximate surface area is 126 Å². The van der Waals surface area contributed by atoms with E-state index in [1.807, 2.05) is 11.3 Å². The Balaban J connectivity index is 1.96. The van der Waals surface area contributed by atoms with Crippen LogP contribution < -0.4 is 10.6 Å². The number of rotatable bonds is 5. The van der Waals surface area contributed by atoms with Gasteiger partial charge in [-0.1, -0.05) is 13.8 Å². The van der Waals surface area contributed by atoms with Crippen molar-refractivity contribution in [1.82, 2.24) is 10.6 Å². The van der Waals surface area contributed by atoms with Crippen molar-refractivity contribution in [3.8, 4) is 0 Å². The van der Waals surface area contributed by atoms with Gasteiger partial charge in [-0.25, -0.2) is 0 Å². The third-order valence-electron chi connectivity index (χ3n) is 4.43. The zero-order valence-electron chi connectivity index (χ0n) is 13.0. The molecule has 2 heterocycles. The molecule has 0 radical (unpaired) electrons. The second kappa shape index (κ2) is 6.27. The van der Waals surface area contributed by atoms with E-state index < -0.39 is 0 Å². The zero-order chi connectivity index (χ0) is 14.8. The molecule has 0 saturated carbocycles. The maximum absolute atomic E-state index is 12.7. The van der Waals surface area contributed by atoms with Crippen LogP contribution in [0.3, 0.4) is 0 Å². The van der Waals surface area contributed by atoms with Crippen LogP contribution in [0.1, 0.15) is 36.9 Å². The third-order valence-corrected chi connectivity index (χ3v) is 5.45.